The van der Waals surface area contributed by atoms with Crippen molar-refractivity contribution in [3.05, 3.63) is 77.6 Å². The highest BCUT2D eigenvalue weighted by atomic mass is 16.1. The lowest BCUT2D eigenvalue weighted by Gasteiger charge is -2.29. The first-order chi connectivity index (χ1) is 16.1. The number of rotatable bonds is 8. The summed E-state index contributed by atoms with van der Waals surface area (Å²) in [6.07, 6.45) is 9.12. The van der Waals surface area contributed by atoms with Gasteiger partial charge in [0.25, 0.3) is 0 Å². The summed E-state index contributed by atoms with van der Waals surface area (Å²) in [4.78, 5) is 32.0. The van der Waals surface area contributed by atoms with Gasteiger partial charge in [-0.2, -0.15) is 0 Å². The van der Waals surface area contributed by atoms with Gasteiger partial charge >= 0.3 is 0 Å². The molecule has 178 valence electrons. The SMILES string of the molecule is C.CN1CCCC(CCC(=O)c2ccc([C@@H]3C[C@H]3C(=O)Cc3ccc4cnccc4c3)cc2)C1. The van der Waals surface area contributed by atoms with Crippen LogP contribution in [0.15, 0.2) is 60.9 Å². The third kappa shape index (κ3) is 5.61. The lowest BCUT2D eigenvalue weighted by atomic mass is 9.91. The van der Waals surface area contributed by atoms with Crippen molar-refractivity contribution in [3.63, 3.8) is 0 Å². The van der Waals surface area contributed by atoms with E-state index < -0.39 is 0 Å². The molecular formula is C30H36N2O2. The van der Waals surface area contributed by atoms with E-state index in [9.17, 15) is 9.59 Å². The van der Waals surface area contributed by atoms with Crippen molar-refractivity contribution in [1.29, 1.82) is 0 Å². The molecule has 3 atom stereocenters. The minimum atomic E-state index is 0. The van der Waals surface area contributed by atoms with Crippen LogP contribution in [0.5, 0.6) is 0 Å². The Kier molecular flexibility index (Phi) is 7.57. The lowest BCUT2D eigenvalue weighted by Crippen LogP contribution is -2.32. The van der Waals surface area contributed by atoms with Gasteiger partial charge in [-0.25, -0.2) is 0 Å². The topological polar surface area (TPSA) is 50.3 Å². The zero-order valence-electron chi connectivity index (χ0n) is 19.4. The van der Waals surface area contributed by atoms with Crippen molar-refractivity contribution >= 4 is 22.3 Å². The van der Waals surface area contributed by atoms with E-state index in [1.807, 2.05) is 36.5 Å². The van der Waals surface area contributed by atoms with E-state index in [0.717, 1.165) is 41.3 Å². The third-order valence-electron chi connectivity index (χ3n) is 7.45. The second-order valence-corrected chi connectivity index (χ2v) is 10.0. The van der Waals surface area contributed by atoms with Crippen LogP contribution in [0.1, 0.15) is 66.9 Å². The van der Waals surface area contributed by atoms with E-state index in [0.29, 0.717) is 30.5 Å². The molecular weight excluding hydrogens is 420 g/mol. The molecule has 5 rings (SSSR count). The van der Waals surface area contributed by atoms with Crippen molar-refractivity contribution in [3.8, 4) is 0 Å². The zero-order chi connectivity index (χ0) is 22.8. The molecule has 2 aliphatic rings. The van der Waals surface area contributed by atoms with Crippen LogP contribution in [0.2, 0.25) is 0 Å². The number of likely N-dealkylation sites (tertiary alicyclic amines) is 1. The molecule has 2 heterocycles. The van der Waals surface area contributed by atoms with Gasteiger partial charge < -0.3 is 4.90 Å². The highest BCUT2D eigenvalue weighted by Gasteiger charge is 2.43. The van der Waals surface area contributed by atoms with Crippen LogP contribution >= 0.6 is 0 Å². The Morgan fingerprint density at radius 1 is 1.06 bits per heavy atom. The molecule has 2 aromatic carbocycles. The maximum atomic E-state index is 12.9. The number of piperidine rings is 1. The summed E-state index contributed by atoms with van der Waals surface area (Å²) in [6, 6.07) is 16.2. The number of nitrogens with zero attached hydrogens (tertiary/aromatic N) is 2. The van der Waals surface area contributed by atoms with Crippen LogP contribution in [-0.2, 0) is 11.2 Å². The van der Waals surface area contributed by atoms with Gasteiger partial charge in [-0.05, 0) is 73.7 Å². The van der Waals surface area contributed by atoms with Gasteiger partial charge in [0.05, 0.1) is 0 Å². The number of hydrogen-bond acceptors (Lipinski definition) is 4. The van der Waals surface area contributed by atoms with Gasteiger partial charge in [-0.3, -0.25) is 14.6 Å². The highest BCUT2D eigenvalue weighted by molar-refractivity contribution is 5.96. The Balaban J connectivity index is 0.00000274. The fourth-order valence-electron chi connectivity index (χ4n) is 5.40. The van der Waals surface area contributed by atoms with Gasteiger partial charge in [0.1, 0.15) is 5.78 Å². The second kappa shape index (κ2) is 10.6. The summed E-state index contributed by atoms with van der Waals surface area (Å²) in [5, 5.41) is 2.22. The molecule has 1 saturated heterocycles. The first-order valence-electron chi connectivity index (χ1n) is 12.2. The Labute approximate surface area is 203 Å². The van der Waals surface area contributed by atoms with Crippen molar-refractivity contribution < 1.29 is 9.59 Å². The van der Waals surface area contributed by atoms with E-state index in [2.05, 4.69) is 35.1 Å². The van der Waals surface area contributed by atoms with Crippen LogP contribution in [0.25, 0.3) is 10.8 Å². The molecule has 1 aliphatic heterocycles. The van der Waals surface area contributed by atoms with E-state index in [1.54, 1.807) is 6.20 Å². The molecule has 1 aromatic heterocycles. The lowest BCUT2D eigenvalue weighted by molar-refractivity contribution is -0.119. The van der Waals surface area contributed by atoms with Gasteiger partial charge in [0.15, 0.2) is 5.78 Å². The molecule has 3 aromatic rings. The fraction of sp³-hybridized carbons (Fsp3) is 0.433. The molecule has 1 unspecified atom stereocenters. The molecule has 2 fully saturated rings. The van der Waals surface area contributed by atoms with Crippen LogP contribution in [0.3, 0.4) is 0 Å². The summed E-state index contributed by atoms with van der Waals surface area (Å²) in [5.41, 5.74) is 3.05. The van der Waals surface area contributed by atoms with Crippen molar-refractivity contribution in [1.82, 2.24) is 9.88 Å². The van der Waals surface area contributed by atoms with E-state index in [1.165, 1.54) is 24.9 Å². The standard InChI is InChI=1S/C29H32N2O2.CH4/c1-31-14-2-3-20(19-31)5-11-28(32)23-9-7-22(8-10-23)26-17-27(26)29(33)16-21-4-6-25-18-30-13-12-24(25)15-21;/h4,6-10,12-13,15,18,20,26-27H,2-3,5,11,14,16-17,19H2,1H3;1H4/t20?,26-,27+;/m0./s1. The van der Waals surface area contributed by atoms with E-state index >= 15 is 0 Å². The van der Waals surface area contributed by atoms with Crippen molar-refractivity contribution in [2.75, 3.05) is 20.1 Å². The maximum absolute atomic E-state index is 12.9. The summed E-state index contributed by atoms with van der Waals surface area (Å²) < 4.78 is 0. The van der Waals surface area contributed by atoms with Crippen LogP contribution < -0.4 is 0 Å². The number of aromatic nitrogens is 1. The summed E-state index contributed by atoms with van der Waals surface area (Å²) >= 11 is 0. The smallest absolute Gasteiger partial charge is 0.162 e. The predicted molar refractivity (Wildman–Crippen MR) is 138 cm³/mol. The quantitative estimate of drug-likeness (QED) is 0.385. The largest absolute Gasteiger partial charge is 0.306 e. The first-order valence-corrected chi connectivity index (χ1v) is 12.2. The van der Waals surface area contributed by atoms with E-state index in [-0.39, 0.29) is 19.1 Å². The normalized spacial score (nSPS) is 22.2. The Hall–Kier alpha value is -2.85. The monoisotopic (exact) mass is 456 g/mol. The Morgan fingerprint density at radius 3 is 2.68 bits per heavy atom. The number of hydrogen-bond donors (Lipinski definition) is 0. The molecule has 34 heavy (non-hydrogen) atoms. The number of ketones is 2. The predicted octanol–water partition coefficient (Wildman–Crippen LogP) is 6.09. The minimum absolute atomic E-state index is 0. The number of benzene rings is 2. The highest BCUT2D eigenvalue weighted by Crippen LogP contribution is 2.48. The van der Waals surface area contributed by atoms with Crippen LogP contribution in [-0.4, -0.2) is 41.6 Å². The summed E-state index contributed by atoms with van der Waals surface area (Å²) in [6.45, 7) is 2.29. The molecule has 4 nitrogen and oxygen atoms in total. The molecule has 0 amide bonds. The van der Waals surface area contributed by atoms with Crippen LogP contribution in [0.4, 0.5) is 0 Å². The van der Waals surface area contributed by atoms with Crippen LogP contribution in [0, 0.1) is 11.8 Å². The molecule has 0 spiro atoms. The molecule has 1 aliphatic carbocycles. The number of carbonyl (C=O) groups is 2. The molecule has 0 N–H and O–H groups in total. The average Bonchev–Trinajstić information content (AvgIpc) is 3.64. The van der Waals surface area contributed by atoms with Crippen molar-refractivity contribution in [2.24, 2.45) is 11.8 Å². The summed E-state index contributed by atoms with van der Waals surface area (Å²) in [5.74, 6) is 1.59. The van der Waals surface area contributed by atoms with Gasteiger partial charge in [-0.15, -0.1) is 0 Å². The van der Waals surface area contributed by atoms with Gasteiger partial charge in [0.2, 0.25) is 0 Å². The number of carbonyl (C=O) groups excluding carboxylic acids is 2. The number of pyridine rings is 1. The maximum Gasteiger partial charge on any atom is 0.162 e. The first kappa shape index (κ1) is 24.3. The third-order valence-corrected chi connectivity index (χ3v) is 7.45. The molecule has 1 saturated carbocycles. The molecule has 0 bridgehead atoms. The number of Topliss-reactive ketones (excluding diaryl/α,β-unsaturated/α-hetero) is 2. The van der Waals surface area contributed by atoms with Crippen molar-refractivity contribution in [2.45, 2.75) is 51.9 Å². The fourth-order valence-corrected chi connectivity index (χ4v) is 5.40. The Bertz CT molecular complexity index is 1150. The Morgan fingerprint density at radius 2 is 1.88 bits per heavy atom. The average molecular weight is 457 g/mol. The summed E-state index contributed by atoms with van der Waals surface area (Å²) in [7, 11) is 2.17. The molecule has 4 heteroatoms. The van der Waals surface area contributed by atoms with Gasteiger partial charge in [0, 0.05) is 48.6 Å². The number of fused-ring (bicyclic) bond motifs is 1. The zero-order valence-corrected chi connectivity index (χ0v) is 19.4. The van der Waals surface area contributed by atoms with E-state index in [4.69, 9.17) is 0 Å². The minimum Gasteiger partial charge on any atom is -0.306 e. The molecule has 0 radical (unpaired) electrons. The second-order valence-electron chi connectivity index (χ2n) is 10.0. The van der Waals surface area contributed by atoms with Gasteiger partial charge in [-0.1, -0.05) is 49.9 Å².